The number of aliphatic carboxylic acids is 1. The molecular formula is C21H29NO5. The van der Waals surface area contributed by atoms with Crippen LogP contribution >= 0.6 is 0 Å². The molecule has 0 spiro atoms. The standard InChI is InChI=1S/C21H29NO5/c1-14(27-17-7-5-15(6-8-17)20(2,3)4)18(23)22-11-16-12-26-10-9-21(16,13-22)19(24)25/h5-8,14,16H,9-13H2,1-4H3,(H,24,25)/t14?,16-,21+/m0/s1. The summed E-state index contributed by atoms with van der Waals surface area (Å²) in [5, 5.41) is 9.74. The summed E-state index contributed by atoms with van der Waals surface area (Å²) in [4.78, 5) is 26.4. The molecule has 1 N–H and O–H groups in total. The first kappa shape index (κ1) is 19.7. The minimum absolute atomic E-state index is 0.0546. The molecule has 6 heteroatoms. The number of amides is 1. The number of rotatable bonds is 4. The number of nitrogens with zero attached hydrogens (tertiary/aromatic N) is 1. The summed E-state index contributed by atoms with van der Waals surface area (Å²) in [5.41, 5.74) is 0.363. The molecule has 0 aliphatic carbocycles. The largest absolute Gasteiger partial charge is 0.481 e. The van der Waals surface area contributed by atoms with Crippen molar-refractivity contribution in [2.24, 2.45) is 11.3 Å². The summed E-state index contributed by atoms with van der Waals surface area (Å²) in [7, 11) is 0. The highest BCUT2D eigenvalue weighted by molar-refractivity contribution is 5.84. The van der Waals surface area contributed by atoms with Gasteiger partial charge in [-0.3, -0.25) is 9.59 Å². The van der Waals surface area contributed by atoms with E-state index in [1.54, 1.807) is 11.8 Å². The van der Waals surface area contributed by atoms with Gasteiger partial charge in [0.2, 0.25) is 0 Å². The summed E-state index contributed by atoms with van der Waals surface area (Å²) in [6, 6.07) is 7.77. The predicted octanol–water partition coefficient (Wildman–Crippen LogP) is 2.70. The second kappa shape index (κ2) is 7.15. The smallest absolute Gasteiger partial charge is 0.311 e. The Hall–Kier alpha value is -2.08. The lowest BCUT2D eigenvalue weighted by Gasteiger charge is -2.33. The molecule has 3 atom stereocenters. The van der Waals surface area contributed by atoms with Crippen LogP contribution in [0, 0.1) is 11.3 Å². The molecule has 2 aliphatic heterocycles. The molecule has 0 bridgehead atoms. The van der Waals surface area contributed by atoms with Gasteiger partial charge in [0.25, 0.3) is 5.91 Å². The summed E-state index contributed by atoms with van der Waals surface area (Å²) < 4.78 is 11.3. The number of hydrogen-bond donors (Lipinski definition) is 1. The van der Waals surface area contributed by atoms with E-state index in [2.05, 4.69) is 20.8 Å². The molecule has 27 heavy (non-hydrogen) atoms. The van der Waals surface area contributed by atoms with Crippen molar-refractivity contribution in [2.75, 3.05) is 26.3 Å². The van der Waals surface area contributed by atoms with Crippen LogP contribution in [0.1, 0.15) is 39.7 Å². The van der Waals surface area contributed by atoms with E-state index in [0.29, 0.717) is 31.9 Å². The predicted molar refractivity (Wildman–Crippen MR) is 101 cm³/mol. The molecule has 2 aliphatic rings. The lowest BCUT2D eigenvalue weighted by molar-refractivity contribution is -0.157. The van der Waals surface area contributed by atoms with E-state index >= 15 is 0 Å². The molecule has 2 saturated heterocycles. The zero-order chi connectivity index (χ0) is 19.8. The summed E-state index contributed by atoms with van der Waals surface area (Å²) in [5.74, 6) is -0.537. The highest BCUT2D eigenvalue weighted by Crippen LogP contribution is 2.42. The third-order valence-corrected chi connectivity index (χ3v) is 5.83. The average molecular weight is 375 g/mol. The fourth-order valence-electron chi connectivity index (χ4n) is 4.01. The first-order valence-corrected chi connectivity index (χ1v) is 9.50. The molecule has 1 aromatic carbocycles. The van der Waals surface area contributed by atoms with Crippen LogP contribution in [0.2, 0.25) is 0 Å². The maximum Gasteiger partial charge on any atom is 0.311 e. The van der Waals surface area contributed by atoms with E-state index in [-0.39, 0.29) is 23.8 Å². The van der Waals surface area contributed by atoms with Gasteiger partial charge in [0.05, 0.1) is 12.0 Å². The van der Waals surface area contributed by atoms with Crippen molar-refractivity contribution in [1.82, 2.24) is 4.90 Å². The first-order chi connectivity index (χ1) is 12.6. The highest BCUT2D eigenvalue weighted by atomic mass is 16.5. The Labute approximate surface area is 160 Å². The fraction of sp³-hybridized carbons (Fsp3) is 0.619. The Morgan fingerprint density at radius 3 is 2.52 bits per heavy atom. The normalized spacial score (nSPS) is 26.4. The van der Waals surface area contributed by atoms with E-state index in [4.69, 9.17) is 9.47 Å². The molecule has 3 rings (SSSR count). The number of benzene rings is 1. The van der Waals surface area contributed by atoms with Crippen molar-refractivity contribution in [3.63, 3.8) is 0 Å². The number of carboxylic acid groups (broad SMARTS) is 1. The van der Waals surface area contributed by atoms with Crippen LogP contribution in [-0.2, 0) is 19.7 Å². The third-order valence-electron chi connectivity index (χ3n) is 5.83. The molecule has 0 radical (unpaired) electrons. The van der Waals surface area contributed by atoms with Gasteiger partial charge < -0.3 is 19.5 Å². The van der Waals surface area contributed by atoms with E-state index in [9.17, 15) is 14.7 Å². The Balaban J connectivity index is 1.66. The summed E-state index contributed by atoms with van der Waals surface area (Å²) in [6.45, 7) is 9.59. The second-order valence-electron chi connectivity index (χ2n) is 8.74. The van der Waals surface area contributed by atoms with Crippen LogP contribution in [0.5, 0.6) is 5.75 Å². The maximum atomic E-state index is 12.9. The Morgan fingerprint density at radius 2 is 1.96 bits per heavy atom. The van der Waals surface area contributed by atoms with Crippen molar-refractivity contribution < 1.29 is 24.2 Å². The number of carbonyl (C=O) groups excluding carboxylic acids is 1. The molecule has 1 aromatic rings. The van der Waals surface area contributed by atoms with Crippen LogP contribution in [0.4, 0.5) is 0 Å². The van der Waals surface area contributed by atoms with E-state index in [1.807, 2.05) is 24.3 Å². The molecule has 0 saturated carbocycles. The molecule has 2 heterocycles. The van der Waals surface area contributed by atoms with Crippen LogP contribution in [-0.4, -0.2) is 54.3 Å². The van der Waals surface area contributed by atoms with Crippen molar-refractivity contribution in [1.29, 1.82) is 0 Å². The Kier molecular flexibility index (Phi) is 5.21. The molecular weight excluding hydrogens is 346 g/mol. The van der Waals surface area contributed by atoms with Gasteiger partial charge in [-0.25, -0.2) is 0 Å². The summed E-state index contributed by atoms with van der Waals surface area (Å²) in [6.07, 6.45) is -0.224. The Morgan fingerprint density at radius 1 is 1.30 bits per heavy atom. The van der Waals surface area contributed by atoms with Crippen molar-refractivity contribution in [2.45, 2.75) is 45.6 Å². The van der Waals surface area contributed by atoms with Gasteiger partial charge in [0.1, 0.15) is 5.75 Å². The Bertz CT molecular complexity index is 708. The fourth-order valence-corrected chi connectivity index (χ4v) is 4.01. The van der Waals surface area contributed by atoms with E-state index in [1.165, 1.54) is 5.56 Å². The zero-order valence-corrected chi connectivity index (χ0v) is 16.5. The number of hydrogen-bond acceptors (Lipinski definition) is 4. The molecule has 148 valence electrons. The lowest BCUT2D eigenvalue weighted by atomic mass is 9.74. The number of ether oxygens (including phenoxy) is 2. The van der Waals surface area contributed by atoms with Crippen LogP contribution in [0.25, 0.3) is 0 Å². The van der Waals surface area contributed by atoms with E-state index in [0.717, 1.165) is 0 Å². The van der Waals surface area contributed by atoms with E-state index < -0.39 is 17.5 Å². The van der Waals surface area contributed by atoms with Gasteiger partial charge in [0.15, 0.2) is 6.10 Å². The van der Waals surface area contributed by atoms with Gasteiger partial charge in [-0.15, -0.1) is 0 Å². The number of carbonyl (C=O) groups is 2. The zero-order valence-electron chi connectivity index (χ0n) is 16.5. The van der Waals surface area contributed by atoms with Crippen molar-refractivity contribution in [3.8, 4) is 5.75 Å². The van der Waals surface area contributed by atoms with Crippen LogP contribution < -0.4 is 4.74 Å². The first-order valence-electron chi connectivity index (χ1n) is 9.50. The quantitative estimate of drug-likeness (QED) is 0.876. The lowest BCUT2D eigenvalue weighted by Crippen LogP contribution is -2.45. The molecule has 1 amide bonds. The van der Waals surface area contributed by atoms with Gasteiger partial charge in [-0.1, -0.05) is 32.9 Å². The number of likely N-dealkylation sites (tertiary alicyclic amines) is 1. The molecule has 1 unspecified atom stereocenters. The van der Waals surface area contributed by atoms with Crippen molar-refractivity contribution >= 4 is 11.9 Å². The second-order valence-corrected chi connectivity index (χ2v) is 8.74. The molecule has 6 nitrogen and oxygen atoms in total. The number of carboxylic acids is 1. The van der Waals surface area contributed by atoms with Gasteiger partial charge in [-0.05, 0) is 36.5 Å². The minimum Gasteiger partial charge on any atom is -0.481 e. The molecule has 0 aromatic heterocycles. The average Bonchev–Trinajstić information content (AvgIpc) is 3.01. The summed E-state index contributed by atoms with van der Waals surface area (Å²) >= 11 is 0. The highest BCUT2D eigenvalue weighted by Gasteiger charge is 2.55. The maximum absolute atomic E-state index is 12.9. The van der Waals surface area contributed by atoms with Gasteiger partial charge >= 0.3 is 5.97 Å². The van der Waals surface area contributed by atoms with Gasteiger partial charge in [0, 0.05) is 25.6 Å². The minimum atomic E-state index is -0.887. The van der Waals surface area contributed by atoms with Gasteiger partial charge in [-0.2, -0.15) is 0 Å². The monoisotopic (exact) mass is 375 g/mol. The third kappa shape index (κ3) is 3.81. The topological polar surface area (TPSA) is 76.1 Å². The SMILES string of the molecule is CC(Oc1ccc(C(C)(C)C)cc1)C(=O)N1C[C@H]2COCC[C@@]2(C(=O)O)C1. The van der Waals surface area contributed by atoms with Crippen molar-refractivity contribution in [3.05, 3.63) is 29.8 Å². The van der Waals surface area contributed by atoms with Crippen LogP contribution in [0.3, 0.4) is 0 Å². The number of fused-ring (bicyclic) bond motifs is 1. The molecule has 2 fully saturated rings. The van der Waals surface area contributed by atoms with Crippen LogP contribution in [0.15, 0.2) is 24.3 Å².